The number of piperidine rings is 1. The molecule has 1 aromatic heterocycles. The van der Waals surface area contributed by atoms with Crippen LogP contribution in [0.5, 0.6) is 11.5 Å². The first-order valence-electron chi connectivity index (χ1n) is 12.9. The summed E-state index contributed by atoms with van der Waals surface area (Å²) in [5, 5.41) is 27.5. The van der Waals surface area contributed by atoms with Gasteiger partial charge in [-0.05, 0) is 81.0 Å². The van der Waals surface area contributed by atoms with Crippen molar-refractivity contribution >= 4 is 16.8 Å². The molecule has 1 unspecified atom stereocenters. The first-order valence-corrected chi connectivity index (χ1v) is 12.9. The van der Waals surface area contributed by atoms with Crippen molar-refractivity contribution in [3.8, 4) is 11.5 Å². The Kier molecular flexibility index (Phi) is 3.80. The zero-order chi connectivity index (χ0) is 23.5. The number of aromatic hydroxyl groups is 1. The van der Waals surface area contributed by atoms with Crippen LogP contribution in [-0.2, 0) is 11.8 Å². The minimum absolute atomic E-state index is 0.0468. The molecule has 7 heteroatoms. The quantitative estimate of drug-likeness (QED) is 0.471. The van der Waals surface area contributed by atoms with Crippen LogP contribution in [0.3, 0.4) is 0 Å². The molecule has 2 aliphatic heterocycles. The zero-order valence-corrected chi connectivity index (χ0v) is 19.5. The first kappa shape index (κ1) is 20.2. The Morgan fingerprint density at radius 2 is 2.03 bits per heavy atom. The molecule has 3 heterocycles. The summed E-state index contributed by atoms with van der Waals surface area (Å²) in [7, 11) is 0. The largest absolute Gasteiger partial charge is 0.504 e. The van der Waals surface area contributed by atoms with Gasteiger partial charge in [-0.15, -0.1) is 0 Å². The molecule has 3 aromatic rings. The lowest BCUT2D eigenvalue weighted by Gasteiger charge is -2.64. The number of nitrogens with zero attached hydrogens (tertiary/aromatic N) is 1. The van der Waals surface area contributed by atoms with Gasteiger partial charge in [0.1, 0.15) is 6.10 Å². The molecule has 2 saturated carbocycles. The van der Waals surface area contributed by atoms with Gasteiger partial charge in [0.15, 0.2) is 11.5 Å². The number of rotatable bonds is 3. The lowest BCUT2D eigenvalue weighted by atomic mass is 9.48. The summed E-state index contributed by atoms with van der Waals surface area (Å²) in [5.41, 5.74) is 2.21. The minimum atomic E-state index is -0.935. The van der Waals surface area contributed by atoms with E-state index in [4.69, 9.17) is 4.74 Å². The van der Waals surface area contributed by atoms with Gasteiger partial charge < -0.3 is 25.3 Å². The van der Waals surface area contributed by atoms with Crippen molar-refractivity contribution in [2.75, 3.05) is 6.54 Å². The van der Waals surface area contributed by atoms with Crippen molar-refractivity contribution in [2.24, 2.45) is 0 Å². The maximum absolute atomic E-state index is 13.4. The van der Waals surface area contributed by atoms with Gasteiger partial charge >= 0.3 is 0 Å². The fraction of sp³-hybridized carbons (Fsp3) is 0.464. The zero-order valence-electron chi connectivity index (χ0n) is 19.5. The summed E-state index contributed by atoms with van der Waals surface area (Å²) in [6.45, 7) is 0.914. The molecule has 5 atom stereocenters. The van der Waals surface area contributed by atoms with Crippen molar-refractivity contribution in [3.63, 3.8) is 0 Å². The van der Waals surface area contributed by atoms with Crippen LogP contribution < -0.4 is 10.1 Å². The van der Waals surface area contributed by atoms with Gasteiger partial charge in [-0.25, -0.2) is 0 Å². The first-order chi connectivity index (χ1) is 17.0. The third kappa shape index (κ3) is 2.45. The number of phenols is 1. The van der Waals surface area contributed by atoms with Crippen molar-refractivity contribution < 1.29 is 19.7 Å². The van der Waals surface area contributed by atoms with E-state index < -0.39 is 17.1 Å². The van der Waals surface area contributed by atoms with Crippen LogP contribution in [-0.4, -0.2) is 62.4 Å². The summed E-state index contributed by atoms with van der Waals surface area (Å²) >= 11 is 0. The normalized spacial score (nSPS) is 34.9. The average molecular weight is 472 g/mol. The van der Waals surface area contributed by atoms with E-state index in [0.29, 0.717) is 30.2 Å². The van der Waals surface area contributed by atoms with E-state index in [0.717, 1.165) is 35.9 Å². The number of aliphatic hydroxyl groups is 1. The van der Waals surface area contributed by atoms with Crippen molar-refractivity contribution in [1.29, 1.82) is 0 Å². The highest BCUT2D eigenvalue weighted by Crippen LogP contribution is 2.66. The van der Waals surface area contributed by atoms with E-state index in [1.54, 1.807) is 6.07 Å². The second-order valence-corrected chi connectivity index (χ2v) is 11.2. The average Bonchev–Trinajstić information content (AvgIpc) is 3.46. The number of likely N-dealkylation sites (tertiary alicyclic amines) is 1. The Labute approximate surface area is 203 Å². The highest BCUT2D eigenvalue weighted by Gasteiger charge is 2.73. The molecule has 5 aliphatic rings. The summed E-state index contributed by atoms with van der Waals surface area (Å²) in [5.74, 6) is 0.506. The summed E-state index contributed by atoms with van der Waals surface area (Å²) in [6, 6.07) is 11.7. The number of nitrogens with one attached hydrogen (secondary N) is 2. The van der Waals surface area contributed by atoms with Crippen molar-refractivity contribution in [1.82, 2.24) is 15.2 Å². The Morgan fingerprint density at radius 3 is 2.89 bits per heavy atom. The second-order valence-electron chi connectivity index (χ2n) is 11.2. The maximum atomic E-state index is 13.4. The number of H-pyrrole nitrogens is 1. The molecule has 4 N–H and O–H groups in total. The monoisotopic (exact) mass is 471 g/mol. The molecule has 3 aliphatic carbocycles. The fourth-order valence-corrected chi connectivity index (χ4v) is 8.01. The van der Waals surface area contributed by atoms with Crippen molar-refractivity contribution in [2.45, 2.75) is 73.8 Å². The Bertz CT molecular complexity index is 1400. The van der Waals surface area contributed by atoms with E-state index in [2.05, 4.69) is 15.2 Å². The molecule has 1 amide bonds. The molecular weight excluding hydrogens is 442 g/mol. The molecule has 0 radical (unpaired) electrons. The molecule has 8 rings (SSSR count). The van der Waals surface area contributed by atoms with E-state index in [9.17, 15) is 15.0 Å². The van der Waals surface area contributed by atoms with E-state index in [1.165, 1.54) is 18.4 Å². The van der Waals surface area contributed by atoms with Gasteiger partial charge in [0, 0.05) is 40.3 Å². The van der Waals surface area contributed by atoms with Gasteiger partial charge in [-0.2, -0.15) is 0 Å². The van der Waals surface area contributed by atoms with Crippen LogP contribution in [0.25, 0.3) is 10.9 Å². The standard InChI is InChI=1S/C28H29N3O4/c32-21-6-2-16-14-22-28(34)9-7-20(30-26(33)17-1-5-19-15(13-17)8-11-29-19)25-27(28,23(16)24(21)35-25)10-12-31(22)18-3-4-18/h1-2,5-6,8,11,13,18,20,22,25,29,32,34H,3-4,7,9-10,12,14H2,(H,30,33)/t20-,22-,25?,27+,28-/m1/s1. The molecule has 1 spiro atoms. The Hall–Kier alpha value is -3.03. The topological polar surface area (TPSA) is 97.8 Å². The number of hydrogen-bond acceptors (Lipinski definition) is 5. The number of aromatic nitrogens is 1. The van der Waals surface area contributed by atoms with Gasteiger partial charge in [0.25, 0.3) is 5.91 Å². The van der Waals surface area contributed by atoms with Gasteiger partial charge in [-0.1, -0.05) is 6.07 Å². The fourth-order valence-electron chi connectivity index (χ4n) is 8.01. The summed E-state index contributed by atoms with van der Waals surface area (Å²) < 4.78 is 6.54. The van der Waals surface area contributed by atoms with Gasteiger partial charge in [0.2, 0.25) is 0 Å². The SMILES string of the molecule is O=C(N[C@@H]1CC[C@@]2(O)[C@H]3Cc4ccc(O)c5c4[C@@]2(CCN3C2CC2)C1O5)c1ccc2[nH]ccc2c1. The molecule has 3 fully saturated rings. The van der Waals surface area contributed by atoms with E-state index in [1.807, 2.05) is 36.5 Å². The number of aromatic amines is 1. The smallest absolute Gasteiger partial charge is 0.251 e. The number of carbonyl (C=O) groups excluding carboxylic acids is 1. The van der Waals surface area contributed by atoms with Crippen LogP contribution in [0.15, 0.2) is 42.6 Å². The van der Waals surface area contributed by atoms with Crippen LogP contribution in [0, 0.1) is 0 Å². The minimum Gasteiger partial charge on any atom is -0.504 e. The molecule has 7 nitrogen and oxygen atoms in total. The molecule has 180 valence electrons. The third-order valence-corrected chi connectivity index (χ3v) is 9.65. The number of fused-ring (bicyclic) bond motifs is 1. The molecule has 2 aromatic carbocycles. The number of phenolic OH excluding ortho intramolecular Hbond substituents is 1. The van der Waals surface area contributed by atoms with Crippen LogP contribution in [0.1, 0.15) is 53.6 Å². The van der Waals surface area contributed by atoms with E-state index in [-0.39, 0.29) is 23.7 Å². The number of amides is 1. The number of hydrogen-bond donors (Lipinski definition) is 4. The van der Waals surface area contributed by atoms with Crippen molar-refractivity contribution in [3.05, 3.63) is 59.3 Å². The second kappa shape index (κ2) is 6.59. The molecule has 2 bridgehead atoms. The van der Waals surface area contributed by atoms with Crippen LogP contribution in [0.4, 0.5) is 0 Å². The summed E-state index contributed by atoms with van der Waals surface area (Å²) in [4.78, 5) is 19.1. The Morgan fingerprint density at radius 1 is 1.14 bits per heavy atom. The highest BCUT2D eigenvalue weighted by molar-refractivity contribution is 5.98. The molecule has 35 heavy (non-hydrogen) atoms. The molecule has 1 saturated heterocycles. The number of benzene rings is 2. The lowest BCUT2D eigenvalue weighted by Crippen LogP contribution is -2.78. The van der Waals surface area contributed by atoms with Crippen LogP contribution in [0.2, 0.25) is 0 Å². The Balaban J connectivity index is 1.20. The predicted molar refractivity (Wildman–Crippen MR) is 130 cm³/mol. The number of carbonyl (C=O) groups is 1. The van der Waals surface area contributed by atoms with E-state index >= 15 is 0 Å². The number of ether oxygens (including phenoxy) is 1. The van der Waals surface area contributed by atoms with Gasteiger partial charge in [0.05, 0.1) is 17.1 Å². The summed E-state index contributed by atoms with van der Waals surface area (Å²) in [6.07, 6.45) is 6.67. The molecular formula is C28H29N3O4. The van der Waals surface area contributed by atoms with Gasteiger partial charge in [-0.3, -0.25) is 9.69 Å². The van der Waals surface area contributed by atoms with Crippen LogP contribution >= 0.6 is 0 Å². The lowest BCUT2D eigenvalue weighted by molar-refractivity contribution is -0.192. The third-order valence-electron chi connectivity index (χ3n) is 9.65. The highest BCUT2D eigenvalue weighted by atomic mass is 16.5. The maximum Gasteiger partial charge on any atom is 0.251 e. The predicted octanol–water partition coefficient (Wildman–Crippen LogP) is 2.99.